The average molecular weight is 377 g/mol. The number of carbonyl (C=O) groups excluding carboxylic acids is 1. The maximum atomic E-state index is 13.7. The molecule has 0 radical (unpaired) electrons. The summed E-state index contributed by atoms with van der Waals surface area (Å²) in [6, 6.07) is 16.6. The molecule has 1 N–H and O–H groups in total. The van der Waals surface area contributed by atoms with Crippen LogP contribution in [0.5, 0.6) is 5.75 Å². The van der Waals surface area contributed by atoms with E-state index in [-0.39, 0.29) is 18.3 Å². The molecule has 0 saturated carbocycles. The number of carbonyl (C=O) groups is 1. The lowest BCUT2D eigenvalue weighted by Gasteiger charge is -2.09. The van der Waals surface area contributed by atoms with Gasteiger partial charge in [0.05, 0.1) is 5.39 Å². The van der Waals surface area contributed by atoms with Gasteiger partial charge in [0.2, 0.25) is 5.91 Å². The van der Waals surface area contributed by atoms with Gasteiger partial charge in [0.25, 0.3) is 0 Å². The zero-order chi connectivity index (χ0) is 19.7. The Morgan fingerprint density at radius 3 is 2.61 bits per heavy atom. The van der Waals surface area contributed by atoms with E-state index in [1.807, 2.05) is 0 Å². The largest absolute Gasteiger partial charge is 0.489 e. The first-order chi connectivity index (χ1) is 13.5. The number of anilines is 1. The number of benzene rings is 3. The third-order valence-electron chi connectivity index (χ3n) is 4.36. The fourth-order valence-electron chi connectivity index (χ4n) is 3.06. The SMILES string of the molecule is CC(=O)Nc1ccc2c(c1)c(=O)oc1cc(OCc3ccccc3F)ccc12. The van der Waals surface area contributed by atoms with Crippen molar-refractivity contribution in [3.8, 4) is 5.75 Å². The molecule has 1 aromatic heterocycles. The van der Waals surface area contributed by atoms with E-state index in [2.05, 4.69) is 5.32 Å². The summed E-state index contributed by atoms with van der Waals surface area (Å²) in [6.45, 7) is 1.46. The van der Waals surface area contributed by atoms with E-state index in [1.165, 1.54) is 13.0 Å². The first-order valence-electron chi connectivity index (χ1n) is 8.66. The molecule has 0 fully saturated rings. The average Bonchev–Trinajstić information content (AvgIpc) is 2.67. The highest BCUT2D eigenvalue weighted by Crippen LogP contribution is 2.28. The van der Waals surface area contributed by atoms with E-state index in [9.17, 15) is 14.0 Å². The van der Waals surface area contributed by atoms with Gasteiger partial charge in [-0.05, 0) is 30.3 Å². The molecule has 0 saturated heterocycles. The van der Waals surface area contributed by atoms with E-state index < -0.39 is 5.63 Å². The molecule has 0 bridgehead atoms. The number of fused-ring (bicyclic) bond motifs is 3. The van der Waals surface area contributed by atoms with Crippen molar-refractivity contribution in [1.82, 2.24) is 0 Å². The Morgan fingerprint density at radius 1 is 1.04 bits per heavy atom. The summed E-state index contributed by atoms with van der Waals surface area (Å²) in [4.78, 5) is 23.6. The Bertz CT molecular complexity index is 1260. The van der Waals surface area contributed by atoms with Crippen LogP contribution in [0.15, 0.2) is 69.9 Å². The quantitative estimate of drug-likeness (QED) is 0.416. The Labute approximate surface area is 159 Å². The molecule has 0 aliphatic heterocycles. The van der Waals surface area contributed by atoms with Crippen LogP contribution in [0.4, 0.5) is 10.1 Å². The highest BCUT2D eigenvalue weighted by molar-refractivity contribution is 6.06. The van der Waals surface area contributed by atoms with Crippen molar-refractivity contribution in [1.29, 1.82) is 0 Å². The Hall–Kier alpha value is -3.67. The molecule has 140 valence electrons. The van der Waals surface area contributed by atoms with E-state index in [4.69, 9.17) is 9.15 Å². The maximum absolute atomic E-state index is 13.7. The van der Waals surface area contributed by atoms with Crippen molar-refractivity contribution >= 4 is 33.3 Å². The smallest absolute Gasteiger partial charge is 0.344 e. The number of nitrogens with one attached hydrogen (secondary N) is 1. The van der Waals surface area contributed by atoms with Gasteiger partial charge in [-0.1, -0.05) is 24.3 Å². The van der Waals surface area contributed by atoms with Gasteiger partial charge in [-0.2, -0.15) is 0 Å². The monoisotopic (exact) mass is 377 g/mol. The van der Waals surface area contributed by atoms with Crippen LogP contribution in [-0.2, 0) is 11.4 Å². The summed E-state index contributed by atoms with van der Waals surface area (Å²) in [5.74, 6) is -0.0925. The van der Waals surface area contributed by atoms with Crippen molar-refractivity contribution in [3.05, 3.63) is 82.5 Å². The number of rotatable bonds is 4. The molecular formula is C22H16FNO4. The molecule has 0 aliphatic carbocycles. The summed E-state index contributed by atoms with van der Waals surface area (Å²) in [5, 5.41) is 4.47. The lowest BCUT2D eigenvalue weighted by atomic mass is 10.1. The normalized spacial score (nSPS) is 10.9. The molecule has 4 aromatic rings. The summed E-state index contributed by atoms with van der Waals surface area (Å²) in [6.07, 6.45) is 0. The third-order valence-corrected chi connectivity index (χ3v) is 4.36. The van der Waals surface area contributed by atoms with Crippen LogP contribution in [0, 0.1) is 5.82 Å². The summed E-state index contributed by atoms with van der Waals surface area (Å²) in [5.41, 5.74) is 0.821. The van der Waals surface area contributed by atoms with Gasteiger partial charge in [0.1, 0.15) is 23.8 Å². The maximum Gasteiger partial charge on any atom is 0.344 e. The Kier molecular flexibility index (Phi) is 4.53. The molecule has 1 heterocycles. The molecule has 0 spiro atoms. The topological polar surface area (TPSA) is 68.5 Å². The number of halogens is 1. The molecule has 0 unspecified atom stereocenters. The first-order valence-corrected chi connectivity index (χ1v) is 8.66. The first kappa shape index (κ1) is 17.7. The van der Waals surface area contributed by atoms with Gasteiger partial charge in [-0.25, -0.2) is 9.18 Å². The zero-order valence-electron chi connectivity index (χ0n) is 15.0. The lowest BCUT2D eigenvalue weighted by Crippen LogP contribution is -2.07. The van der Waals surface area contributed by atoms with Crippen LogP contribution in [0.2, 0.25) is 0 Å². The van der Waals surface area contributed by atoms with E-state index in [0.717, 1.165) is 5.39 Å². The van der Waals surface area contributed by atoms with Gasteiger partial charge in [0, 0.05) is 35.0 Å². The Balaban J connectivity index is 1.70. The van der Waals surface area contributed by atoms with Crippen LogP contribution < -0.4 is 15.7 Å². The van der Waals surface area contributed by atoms with Crippen molar-refractivity contribution in [3.63, 3.8) is 0 Å². The van der Waals surface area contributed by atoms with Crippen molar-refractivity contribution < 1.29 is 18.3 Å². The minimum absolute atomic E-state index is 0.0655. The Morgan fingerprint density at radius 2 is 1.82 bits per heavy atom. The molecule has 0 atom stereocenters. The number of ether oxygens (including phenoxy) is 1. The predicted octanol–water partition coefficient (Wildman–Crippen LogP) is 4.62. The highest BCUT2D eigenvalue weighted by atomic mass is 19.1. The summed E-state index contributed by atoms with van der Waals surface area (Å²) in [7, 11) is 0. The minimum atomic E-state index is -0.513. The number of hydrogen-bond acceptors (Lipinski definition) is 4. The van der Waals surface area contributed by atoms with Crippen LogP contribution in [0.25, 0.3) is 21.7 Å². The van der Waals surface area contributed by atoms with E-state index in [0.29, 0.717) is 33.4 Å². The van der Waals surface area contributed by atoms with Gasteiger partial charge in [-0.3, -0.25) is 4.79 Å². The molecule has 28 heavy (non-hydrogen) atoms. The summed E-state index contributed by atoms with van der Waals surface area (Å²) >= 11 is 0. The van der Waals surface area contributed by atoms with E-state index >= 15 is 0 Å². The van der Waals surface area contributed by atoms with Gasteiger partial charge < -0.3 is 14.5 Å². The number of hydrogen-bond donors (Lipinski definition) is 1. The molecular weight excluding hydrogens is 361 g/mol. The van der Waals surface area contributed by atoms with Crippen LogP contribution >= 0.6 is 0 Å². The lowest BCUT2D eigenvalue weighted by molar-refractivity contribution is -0.114. The zero-order valence-corrected chi connectivity index (χ0v) is 15.0. The van der Waals surface area contributed by atoms with Crippen molar-refractivity contribution in [2.24, 2.45) is 0 Å². The molecule has 0 aliphatic rings. The van der Waals surface area contributed by atoms with Crippen LogP contribution in [0.1, 0.15) is 12.5 Å². The predicted molar refractivity (Wildman–Crippen MR) is 105 cm³/mol. The standard InChI is InChI=1S/C22H16FNO4/c1-13(25)24-15-6-8-17-18-9-7-16(11-21(18)28-22(26)19(17)10-15)27-12-14-4-2-3-5-20(14)23/h2-11H,12H2,1H3,(H,24,25). The van der Waals surface area contributed by atoms with E-state index in [1.54, 1.807) is 54.6 Å². The fourth-order valence-corrected chi connectivity index (χ4v) is 3.06. The second-order valence-corrected chi connectivity index (χ2v) is 6.37. The summed E-state index contributed by atoms with van der Waals surface area (Å²) < 4.78 is 24.8. The molecule has 5 nitrogen and oxygen atoms in total. The third kappa shape index (κ3) is 3.44. The van der Waals surface area contributed by atoms with Crippen LogP contribution in [-0.4, -0.2) is 5.91 Å². The van der Waals surface area contributed by atoms with Crippen molar-refractivity contribution in [2.45, 2.75) is 13.5 Å². The molecule has 3 aromatic carbocycles. The van der Waals surface area contributed by atoms with Gasteiger partial charge in [0.15, 0.2) is 0 Å². The second-order valence-electron chi connectivity index (χ2n) is 6.37. The van der Waals surface area contributed by atoms with Crippen LogP contribution in [0.3, 0.4) is 0 Å². The fraction of sp³-hybridized carbons (Fsp3) is 0.0909. The van der Waals surface area contributed by atoms with Crippen molar-refractivity contribution in [2.75, 3.05) is 5.32 Å². The second kappa shape index (κ2) is 7.15. The highest BCUT2D eigenvalue weighted by Gasteiger charge is 2.10. The minimum Gasteiger partial charge on any atom is -0.489 e. The molecule has 4 rings (SSSR count). The number of amides is 1. The molecule has 1 amide bonds. The molecule has 6 heteroatoms. The van der Waals surface area contributed by atoms with Gasteiger partial charge in [-0.15, -0.1) is 0 Å². The van der Waals surface area contributed by atoms with Gasteiger partial charge >= 0.3 is 5.63 Å².